The summed E-state index contributed by atoms with van der Waals surface area (Å²) >= 11 is 0. The van der Waals surface area contributed by atoms with Gasteiger partial charge in [0.05, 0.1) is 5.52 Å². The molecule has 2 aromatic carbocycles. The summed E-state index contributed by atoms with van der Waals surface area (Å²) in [6, 6.07) is 16.0. The zero-order valence-electron chi connectivity index (χ0n) is 17.2. The number of hydrogen-bond acceptors (Lipinski definition) is 3. The molecule has 0 atom stereocenters. The Bertz CT molecular complexity index is 1010. The van der Waals surface area contributed by atoms with Crippen LogP contribution in [0.4, 0.5) is 16.3 Å². The quantitative estimate of drug-likeness (QED) is 0.649. The number of pyridine rings is 1. The first-order chi connectivity index (χ1) is 14.1. The number of urea groups is 1. The van der Waals surface area contributed by atoms with Crippen molar-refractivity contribution in [1.82, 2.24) is 10.3 Å². The highest BCUT2D eigenvalue weighted by Crippen LogP contribution is 2.26. The second-order valence-corrected chi connectivity index (χ2v) is 7.87. The van der Waals surface area contributed by atoms with Crippen LogP contribution in [0.1, 0.15) is 36.0 Å². The zero-order chi connectivity index (χ0) is 20.2. The highest BCUT2D eigenvalue weighted by atomic mass is 16.2. The number of rotatable bonds is 4. The number of nitrogens with one attached hydrogen (secondary N) is 2. The molecule has 1 aliphatic rings. The zero-order valence-corrected chi connectivity index (χ0v) is 17.2. The number of piperidine rings is 1. The van der Waals surface area contributed by atoms with Gasteiger partial charge in [-0.3, -0.25) is 0 Å². The van der Waals surface area contributed by atoms with E-state index in [0.717, 1.165) is 41.1 Å². The van der Waals surface area contributed by atoms with Gasteiger partial charge < -0.3 is 15.5 Å². The second-order valence-electron chi connectivity index (χ2n) is 7.87. The first-order valence-electron chi connectivity index (χ1n) is 10.4. The number of hydrogen-bond donors (Lipinski definition) is 2. The van der Waals surface area contributed by atoms with Crippen molar-refractivity contribution in [3.8, 4) is 0 Å². The third-order valence-electron chi connectivity index (χ3n) is 5.51. The van der Waals surface area contributed by atoms with Crippen LogP contribution in [0.3, 0.4) is 0 Å². The van der Waals surface area contributed by atoms with E-state index in [-0.39, 0.29) is 6.03 Å². The van der Waals surface area contributed by atoms with Crippen molar-refractivity contribution in [2.45, 2.75) is 39.7 Å². The lowest BCUT2D eigenvalue weighted by atomic mass is 10.1. The van der Waals surface area contributed by atoms with E-state index < -0.39 is 0 Å². The Morgan fingerprint density at radius 2 is 1.76 bits per heavy atom. The Kier molecular flexibility index (Phi) is 5.65. The van der Waals surface area contributed by atoms with Crippen LogP contribution in [-0.4, -0.2) is 24.1 Å². The standard InChI is InChI=1S/C24H28N4O/c1-17-6-8-19(9-7-17)16-25-24(29)26-20-10-11-22-21(15-20)18(2)14-23(27-22)28-12-4-3-5-13-28/h6-11,14-15H,3-5,12-13,16H2,1-2H3,(H2,25,26,29). The lowest BCUT2D eigenvalue weighted by Crippen LogP contribution is -2.30. The SMILES string of the molecule is Cc1ccc(CNC(=O)Nc2ccc3nc(N4CCCCC4)cc(C)c3c2)cc1. The summed E-state index contributed by atoms with van der Waals surface area (Å²) in [5.74, 6) is 1.06. The van der Waals surface area contributed by atoms with Crippen molar-refractivity contribution in [2.24, 2.45) is 0 Å². The van der Waals surface area contributed by atoms with E-state index in [0.29, 0.717) is 6.54 Å². The molecule has 0 radical (unpaired) electrons. The molecule has 2 heterocycles. The van der Waals surface area contributed by atoms with E-state index in [2.05, 4.69) is 35.4 Å². The fourth-order valence-corrected chi connectivity index (χ4v) is 3.80. The summed E-state index contributed by atoms with van der Waals surface area (Å²) in [6.45, 7) is 6.83. The Hall–Kier alpha value is -3.08. The summed E-state index contributed by atoms with van der Waals surface area (Å²) in [7, 11) is 0. The number of aryl methyl sites for hydroxylation is 2. The number of carbonyl (C=O) groups excluding carboxylic acids is 1. The molecule has 1 aromatic heterocycles. The van der Waals surface area contributed by atoms with Gasteiger partial charge in [-0.15, -0.1) is 0 Å². The van der Waals surface area contributed by atoms with Crippen molar-refractivity contribution < 1.29 is 4.79 Å². The van der Waals surface area contributed by atoms with E-state index in [1.54, 1.807) is 0 Å². The predicted molar refractivity (Wildman–Crippen MR) is 120 cm³/mol. The van der Waals surface area contributed by atoms with Gasteiger partial charge in [0.1, 0.15) is 5.82 Å². The molecule has 5 nitrogen and oxygen atoms in total. The largest absolute Gasteiger partial charge is 0.357 e. The first-order valence-corrected chi connectivity index (χ1v) is 10.4. The molecular weight excluding hydrogens is 360 g/mol. The molecular formula is C24H28N4O. The summed E-state index contributed by atoms with van der Waals surface area (Å²) < 4.78 is 0. The third kappa shape index (κ3) is 4.67. The minimum absolute atomic E-state index is 0.208. The maximum absolute atomic E-state index is 12.3. The maximum Gasteiger partial charge on any atom is 0.319 e. The topological polar surface area (TPSA) is 57.3 Å². The van der Waals surface area contributed by atoms with Gasteiger partial charge in [0.15, 0.2) is 0 Å². The number of aromatic nitrogens is 1. The van der Waals surface area contributed by atoms with Gasteiger partial charge in [0.2, 0.25) is 0 Å². The Morgan fingerprint density at radius 3 is 2.52 bits per heavy atom. The van der Waals surface area contributed by atoms with Gasteiger partial charge in [-0.1, -0.05) is 29.8 Å². The molecule has 0 saturated carbocycles. The van der Waals surface area contributed by atoms with Crippen LogP contribution in [0.5, 0.6) is 0 Å². The van der Waals surface area contributed by atoms with Crippen molar-refractivity contribution in [2.75, 3.05) is 23.3 Å². The number of amides is 2. The lowest BCUT2D eigenvalue weighted by Gasteiger charge is -2.28. The van der Waals surface area contributed by atoms with Crippen LogP contribution in [0.15, 0.2) is 48.5 Å². The highest BCUT2D eigenvalue weighted by molar-refractivity contribution is 5.94. The van der Waals surface area contributed by atoms with E-state index in [1.807, 2.05) is 42.5 Å². The van der Waals surface area contributed by atoms with Crippen LogP contribution in [0.2, 0.25) is 0 Å². The molecule has 3 aromatic rings. The highest BCUT2D eigenvalue weighted by Gasteiger charge is 2.14. The molecule has 1 saturated heterocycles. The van der Waals surface area contributed by atoms with Crippen LogP contribution < -0.4 is 15.5 Å². The third-order valence-corrected chi connectivity index (χ3v) is 5.51. The Morgan fingerprint density at radius 1 is 1.00 bits per heavy atom. The first kappa shape index (κ1) is 19.2. The molecule has 0 bridgehead atoms. The van der Waals surface area contributed by atoms with Gasteiger partial charge in [-0.05, 0) is 68.5 Å². The Balaban J connectivity index is 1.44. The molecule has 2 N–H and O–H groups in total. The molecule has 0 spiro atoms. The van der Waals surface area contributed by atoms with Crippen LogP contribution >= 0.6 is 0 Å². The van der Waals surface area contributed by atoms with E-state index in [9.17, 15) is 4.79 Å². The van der Waals surface area contributed by atoms with Crippen LogP contribution in [-0.2, 0) is 6.54 Å². The number of benzene rings is 2. The molecule has 1 aliphatic heterocycles. The average molecular weight is 389 g/mol. The van der Waals surface area contributed by atoms with Gasteiger partial charge in [-0.25, -0.2) is 9.78 Å². The fraction of sp³-hybridized carbons (Fsp3) is 0.333. The summed E-state index contributed by atoms with van der Waals surface area (Å²) in [4.78, 5) is 19.5. The Labute approximate surface area is 172 Å². The van der Waals surface area contributed by atoms with Crippen molar-refractivity contribution in [3.05, 3.63) is 65.2 Å². The second kappa shape index (κ2) is 8.52. The van der Waals surface area contributed by atoms with Gasteiger partial charge >= 0.3 is 6.03 Å². The minimum atomic E-state index is -0.208. The summed E-state index contributed by atoms with van der Waals surface area (Å²) in [5.41, 5.74) is 5.21. The summed E-state index contributed by atoms with van der Waals surface area (Å²) in [5, 5.41) is 6.91. The number of anilines is 2. The minimum Gasteiger partial charge on any atom is -0.357 e. The predicted octanol–water partition coefficient (Wildman–Crippen LogP) is 5.16. The van der Waals surface area contributed by atoms with Gasteiger partial charge in [0, 0.05) is 30.7 Å². The smallest absolute Gasteiger partial charge is 0.319 e. The number of fused-ring (bicyclic) bond motifs is 1. The molecule has 2 amide bonds. The number of nitrogens with zero attached hydrogens (tertiary/aromatic N) is 2. The molecule has 5 heteroatoms. The lowest BCUT2D eigenvalue weighted by molar-refractivity contribution is 0.251. The van der Waals surface area contributed by atoms with Crippen molar-refractivity contribution >= 4 is 28.4 Å². The maximum atomic E-state index is 12.3. The molecule has 0 unspecified atom stereocenters. The average Bonchev–Trinajstić information content (AvgIpc) is 2.74. The van der Waals surface area contributed by atoms with Crippen molar-refractivity contribution in [3.63, 3.8) is 0 Å². The molecule has 0 aliphatic carbocycles. The normalized spacial score (nSPS) is 14.1. The number of carbonyl (C=O) groups is 1. The molecule has 4 rings (SSSR count). The van der Waals surface area contributed by atoms with Crippen LogP contribution in [0, 0.1) is 13.8 Å². The van der Waals surface area contributed by atoms with Crippen LogP contribution in [0.25, 0.3) is 10.9 Å². The molecule has 1 fully saturated rings. The van der Waals surface area contributed by atoms with Gasteiger partial charge in [-0.2, -0.15) is 0 Å². The van der Waals surface area contributed by atoms with E-state index in [4.69, 9.17) is 4.98 Å². The van der Waals surface area contributed by atoms with Gasteiger partial charge in [0.25, 0.3) is 0 Å². The molecule has 29 heavy (non-hydrogen) atoms. The molecule has 150 valence electrons. The van der Waals surface area contributed by atoms with Crippen molar-refractivity contribution in [1.29, 1.82) is 0 Å². The summed E-state index contributed by atoms with van der Waals surface area (Å²) in [6.07, 6.45) is 3.78. The van der Waals surface area contributed by atoms with E-state index >= 15 is 0 Å². The fourth-order valence-electron chi connectivity index (χ4n) is 3.80. The monoisotopic (exact) mass is 388 g/mol. The van der Waals surface area contributed by atoms with E-state index in [1.165, 1.54) is 30.4 Å².